The van der Waals surface area contributed by atoms with Crippen LogP contribution in [0, 0.1) is 11.8 Å². The Bertz CT molecular complexity index is 133. The number of hydrogen-bond donors (Lipinski definition) is 0. The second kappa shape index (κ2) is 3.12. The maximum Gasteiger partial charge on any atom is 0.100 e. The second-order valence-electron chi connectivity index (χ2n) is 4.21. The van der Waals surface area contributed by atoms with Crippen LogP contribution in [0.25, 0.3) is 0 Å². The molecule has 2 rings (SSSR count). The molecule has 64 valence electrons. The third-order valence-electron chi connectivity index (χ3n) is 3.48. The third-order valence-corrected chi connectivity index (χ3v) is 3.48. The quantitative estimate of drug-likeness (QED) is 0.504. The van der Waals surface area contributed by atoms with Gasteiger partial charge in [-0.15, -0.1) is 0 Å². The topological polar surface area (TPSA) is 0 Å². The summed E-state index contributed by atoms with van der Waals surface area (Å²) in [7, 11) is 0. The van der Waals surface area contributed by atoms with E-state index in [0.717, 1.165) is 24.7 Å². The zero-order valence-electron chi connectivity index (χ0n) is 7.06. The van der Waals surface area contributed by atoms with Crippen LogP contribution in [0.15, 0.2) is 0 Å². The van der Waals surface area contributed by atoms with Gasteiger partial charge in [0.15, 0.2) is 0 Å². The molecule has 0 aromatic rings. The molecule has 0 aliphatic heterocycles. The summed E-state index contributed by atoms with van der Waals surface area (Å²) in [5.41, 5.74) is 0. The van der Waals surface area contributed by atoms with E-state index >= 15 is 0 Å². The Morgan fingerprint density at radius 3 is 2.36 bits per heavy atom. The van der Waals surface area contributed by atoms with Gasteiger partial charge in [-0.05, 0) is 31.1 Å². The van der Waals surface area contributed by atoms with Gasteiger partial charge >= 0.3 is 0 Å². The lowest BCUT2D eigenvalue weighted by Gasteiger charge is -2.36. The summed E-state index contributed by atoms with van der Waals surface area (Å²) in [5, 5.41) is 0. The lowest BCUT2D eigenvalue weighted by molar-refractivity contribution is 0.104. The minimum absolute atomic E-state index is 0.464. The molecule has 0 aromatic carbocycles. The number of halogens is 1. The van der Waals surface area contributed by atoms with E-state index in [1.165, 1.54) is 32.1 Å². The first-order valence-corrected chi connectivity index (χ1v) is 5.00. The molecule has 0 saturated heterocycles. The van der Waals surface area contributed by atoms with Crippen LogP contribution < -0.4 is 0 Å². The zero-order valence-corrected chi connectivity index (χ0v) is 7.06. The molecule has 0 amide bonds. The lowest BCUT2D eigenvalue weighted by Crippen LogP contribution is -2.28. The maximum absolute atomic E-state index is 13.0. The average molecular weight is 156 g/mol. The monoisotopic (exact) mass is 156 g/mol. The fourth-order valence-electron chi connectivity index (χ4n) is 2.82. The van der Waals surface area contributed by atoms with Gasteiger partial charge < -0.3 is 0 Å². The summed E-state index contributed by atoms with van der Waals surface area (Å²) in [6.07, 6.45) is 7.89. The van der Waals surface area contributed by atoms with E-state index in [4.69, 9.17) is 0 Å². The Kier molecular flexibility index (Phi) is 2.15. The number of alkyl halides is 1. The Hall–Kier alpha value is -0.0700. The summed E-state index contributed by atoms with van der Waals surface area (Å²) < 4.78 is 13.0. The van der Waals surface area contributed by atoms with Gasteiger partial charge in [-0.25, -0.2) is 4.39 Å². The Morgan fingerprint density at radius 2 is 1.55 bits per heavy atom. The van der Waals surface area contributed by atoms with Crippen LogP contribution in [0.2, 0.25) is 0 Å². The molecule has 2 aliphatic rings. The first-order valence-electron chi connectivity index (χ1n) is 5.00. The van der Waals surface area contributed by atoms with Crippen LogP contribution in [0.1, 0.15) is 44.9 Å². The van der Waals surface area contributed by atoms with E-state index < -0.39 is 6.17 Å². The van der Waals surface area contributed by atoms with Gasteiger partial charge in [-0.3, -0.25) is 0 Å². The Morgan fingerprint density at radius 1 is 0.818 bits per heavy atom. The highest BCUT2D eigenvalue weighted by Gasteiger charge is 2.31. The van der Waals surface area contributed by atoms with Crippen molar-refractivity contribution in [3.05, 3.63) is 0 Å². The molecule has 11 heavy (non-hydrogen) atoms. The van der Waals surface area contributed by atoms with Crippen molar-refractivity contribution in [1.29, 1.82) is 0 Å². The van der Waals surface area contributed by atoms with Crippen LogP contribution in [-0.4, -0.2) is 6.17 Å². The SMILES string of the molecule is F[C@H]1CC[C@H]2CCCC[C@@H]2C1. The van der Waals surface area contributed by atoms with Crippen molar-refractivity contribution in [2.75, 3.05) is 0 Å². The van der Waals surface area contributed by atoms with Gasteiger partial charge in [0.05, 0.1) is 0 Å². The van der Waals surface area contributed by atoms with Crippen LogP contribution in [0.3, 0.4) is 0 Å². The highest BCUT2D eigenvalue weighted by Crippen LogP contribution is 2.41. The van der Waals surface area contributed by atoms with Gasteiger partial charge in [-0.1, -0.05) is 25.7 Å². The van der Waals surface area contributed by atoms with Crippen molar-refractivity contribution in [3.8, 4) is 0 Å². The fraction of sp³-hybridized carbons (Fsp3) is 1.00. The second-order valence-corrected chi connectivity index (χ2v) is 4.21. The van der Waals surface area contributed by atoms with Crippen molar-refractivity contribution < 1.29 is 4.39 Å². The molecule has 1 heteroatoms. The van der Waals surface area contributed by atoms with Gasteiger partial charge in [0.2, 0.25) is 0 Å². The van der Waals surface area contributed by atoms with Crippen LogP contribution in [-0.2, 0) is 0 Å². The minimum atomic E-state index is -0.464. The normalized spacial score (nSPS) is 45.0. The first-order chi connectivity index (χ1) is 5.36. The molecule has 0 spiro atoms. The molecule has 0 aromatic heterocycles. The molecule has 0 radical (unpaired) electrons. The van der Waals surface area contributed by atoms with Gasteiger partial charge in [0.25, 0.3) is 0 Å². The first kappa shape index (κ1) is 7.57. The Labute approximate surface area is 68.2 Å². The maximum atomic E-state index is 13.0. The summed E-state index contributed by atoms with van der Waals surface area (Å²) in [6, 6.07) is 0. The standard InChI is InChI=1S/C10H17F/c11-10-6-5-8-3-1-2-4-9(8)7-10/h8-10H,1-7H2/t8-,9-,10+/m1/s1. The van der Waals surface area contributed by atoms with Crippen molar-refractivity contribution in [1.82, 2.24) is 0 Å². The van der Waals surface area contributed by atoms with Gasteiger partial charge in [-0.2, -0.15) is 0 Å². The number of hydrogen-bond acceptors (Lipinski definition) is 0. The zero-order chi connectivity index (χ0) is 7.68. The minimum Gasteiger partial charge on any atom is -0.247 e. The van der Waals surface area contributed by atoms with E-state index in [1.807, 2.05) is 0 Å². The molecule has 2 fully saturated rings. The molecular formula is C10H17F. The molecule has 0 bridgehead atoms. The predicted octanol–water partition coefficient (Wildman–Crippen LogP) is 3.31. The highest BCUT2D eigenvalue weighted by atomic mass is 19.1. The van der Waals surface area contributed by atoms with Crippen LogP contribution in [0.4, 0.5) is 4.39 Å². The molecule has 2 saturated carbocycles. The Balaban J connectivity index is 1.93. The fourth-order valence-corrected chi connectivity index (χ4v) is 2.82. The van der Waals surface area contributed by atoms with Crippen molar-refractivity contribution in [3.63, 3.8) is 0 Å². The summed E-state index contributed by atoms with van der Waals surface area (Å²) in [4.78, 5) is 0. The highest BCUT2D eigenvalue weighted by molar-refractivity contribution is 4.82. The summed E-state index contributed by atoms with van der Waals surface area (Å²) in [6.45, 7) is 0. The van der Waals surface area contributed by atoms with E-state index in [0.29, 0.717) is 0 Å². The van der Waals surface area contributed by atoms with E-state index in [1.54, 1.807) is 0 Å². The van der Waals surface area contributed by atoms with Crippen LogP contribution >= 0.6 is 0 Å². The van der Waals surface area contributed by atoms with Crippen molar-refractivity contribution in [2.24, 2.45) is 11.8 Å². The molecular weight excluding hydrogens is 139 g/mol. The van der Waals surface area contributed by atoms with Gasteiger partial charge in [0, 0.05) is 0 Å². The van der Waals surface area contributed by atoms with E-state index in [9.17, 15) is 4.39 Å². The molecule has 0 N–H and O–H groups in total. The van der Waals surface area contributed by atoms with E-state index in [2.05, 4.69) is 0 Å². The number of fused-ring (bicyclic) bond motifs is 1. The van der Waals surface area contributed by atoms with E-state index in [-0.39, 0.29) is 0 Å². The van der Waals surface area contributed by atoms with Crippen molar-refractivity contribution in [2.45, 2.75) is 51.1 Å². The van der Waals surface area contributed by atoms with Crippen molar-refractivity contribution >= 4 is 0 Å². The molecule has 0 unspecified atom stereocenters. The molecule has 0 heterocycles. The molecule has 0 nitrogen and oxygen atoms in total. The molecule has 2 aliphatic carbocycles. The number of rotatable bonds is 0. The van der Waals surface area contributed by atoms with Gasteiger partial charge in [0.1, 0.15) is 6.17 Å². The largest absolute Gasteiger partial charge is 0.247 e. The van der Waals surface area contributed by atoms with Crippen LogP contribution in [0.5, 0.6) is 0 Å². The smallest absolute Gasteiger partial charge is 0.100 e. The third kappa shape index (κ3) is 1.57. The summed E-state index contributed by atoms with van der Waals surface area (Å²) in [5.74, 6) is 1.66. The lowest BCUT2D eigenvalue weighted by atomic mass is 9.70. The summed E-state index contributed by atoms with van der Waals surface area (Å²) >= 11 is 0. The average Bonchev–Trinajstić information content (AvgIpc) is 2.04. The predicted molar refractivity (Wildman–Crippen MR) is 44.2 cm³/mol. The molecule has 3 atom stereocenters.